The Morgan fingerprint density at radius 2 is 2.25 bits per heavy atom. The lowest BCUT2D eigenvalue weighted by Gasteiger charge is -1.95. The molecule has 0 saturated carbocycles. The maximum atomic E-state index is 5.44. The summed E-state index contributed by atoms with van der Waals surface area (Å²) in [5.74, 6) is 0. The third-order valence-electron chi connectivity index (χ3n) is 2.02. The molecule has 0 bridgehead atoms. The van der Waals surface area contributed by atoms with Crippen molar-refractivity contribution >= 4 is 26.9 Å². The van der Waals surface area contributed by atoms with Crippen LogP contribution in [0.25, 0.3) is 11.0 Å². The van der Waals surface area contributed by atoms with Crippen LogP contribution in [0.1, 0.15) is 11.1 Å². The van der Waals surface area contributed by atoms with Gasteiger partial charge in [-0.05, 0) is 12.5 Å². The molecular weight excluding hydrogens is 216 g/mol. The number of fused-ring (bicyclic) bond motifs is 1. The molecule has 0 aliphatic carbocycles. The summed E-state index contributed by atoms with van der Waals surface area (Å²) in [7, 11) is 0. The average molecular weight is 225 g/mol. The second kappa shape index (κ2) is 2.94. The SMILES string of the molecule is Cc1coc2c(CBr)cccc12. The Kier molecular flexibility index (Phi) is 1.93. The molecule has 0 atom stereocenters. The highest BCUT2D eigenvalue weighted by Crippen LogP contribution is 2.24. The summed E-state index contributed by atoms with van der Waals surface area (Å²) in [6.45, 7) is 2.06. The first-order valence-corrected chi connectivity index (χ1v) is 4.96. The van der Waals surface area contributed by atoms with Gasteiger partial charge in [0.2, 0.25) is 0 Å². The molecule has 12 heavy (non-hydrogen) atoms. The number of furan rings is 1. The first kappa shape index (κ1) is 7.87. The second-order valence-corrected chi connectivity index (χ2v) is 3.41. The highest BCUT2D eigenvalue weighted by atomic mass is 79.9. The van der Waals surface area contributed by atoms with E-state index in [2.05, 4.69) is 41.1 Å². The summed E-state index contributed by atoms with van der Waals surface area (Å²) in [4.78, 5) is 0. The second-order valence-electron chi connectivity index (χ2n) is 2.85. The lowest BCUT2D eigenvalue weighted by atomic mass is 10.1. The molecule has 0 unspecified atom stereocenters. The summed E-state index contributed by atoms with van der Waals surface area (Å²) >= 11 is 3.43. The highest BCUT2D eigenvalue weighted by molar-refractivity contribution is 9.08. The van der Waals surface area contributed by atoms with Gasteiger partial charge in [0.1, 0.15) is 5.58 Å². The number of halogens is 1. The van der Waals surface area contributed by atoms with Gasteiger partial charge in [-0.3, -0.25) is 0 Å². The van der Waals surface area contributed by atoms with Gasteiger partial charge in [0.15, 0.2) is 0 Å². The van der Waals surface area contributed by atoms with Gasteiger partial charge in [-0.25, -0.2) is 0 Å². The van der Waals surface area contributed by atoms with Crippen molar-refractivity contribution in [2.45, 2.75) is 12.3 Å². The molecule has 1 aromatic heterocycles. The van der Waals surface area contributed by atoms with E-state index in [1.54, 1.807) is 6.26 Å². The Morgan fingerprint density at radius 3 is 3.00 bits per heavy atom. The Morgan fingerprint density at radius 1 is 1.42 bits per heavy atom. The zero-order valence-electron chi connectivity index (χ0n) is 6.80. The van der Waals surface area contributed by atoms with Gasteiger partial charge >= 0.3 is 0 Å². The van der Waals surface area contributed by atoms with Crippen molar-refractivity contribution < 1.29 is 4.42 Å². The summed E-state index contributed by atoms with van der Waals surface area (Å²) in [5, 5.41) is 2.06. The van der Waals surface area contributed by atoms with Crippen molar-refractivity contribution in [1.82, 2.24) is 0 Å². The van der Waals surface area contributed by atoms with E-state index in [4.69, 9.17) is 4.42 Å². The molecular formula is C10H9BrO. The largest absolute Gasteiger partial charge is 0.464 e. The number of hydrogen-bond donors (Lipinski definition) is 0. The quantitative estimate of drug-likeness (QED) is 0.675. The predicted octanol–water partition coefficient (Wildman–Crippen LogP) is 3.64. The number of para-hydroxylation sites is 1. The number of aryl methyl sites for hydroxylation is 1. The molecule has 0 N–H and O–H groups in total. The van der Waals surface area contributed by atoms with E-state index in [0.29, 0.717) is 0 Å². The lowest BCUT2D eigenvalue weighted by molar-refractivity contribution is 0.610. The standard InChI is InChI=1S/C10H9BrO/c1-7-6-12-10-8(5-11)3-2-4-9(7)10/h2-4,6H,5H2,1H3. The van der Waals surface area contributed by atoms with E-state index in [0.717, 1.165) is 10.9 Å². The Bertz CT molecular complexity index is 403. The molecule has 1 nitrogen and oxygen atoms in total. The van der Waals surface area contributed by atoms with Crippen LogP contribution in [-0.2, 0) is 5.33 Å². The Balaban J connectivity index is 2.81. The molecule has 1 aromatic carbocycles. The van der Waals surface area contributed by atoms with Crippen LogP contribution in [0, 0.1) is 6.92 Å². The predicted molar refractivity (Wildman–Crippen MR) is 53.6 cm³/mol. The van der Waals surface area contributed by atoms with Gasteiger partial charge in [0.05, 0.1) is 6.26 Å². The normalized spacial score (nSPS) is 10.8. The molecule has 0 saturated heterocycles. The minimum absolute atomic E-state index is 0.845. The summed E-state index contributed by atoms with van der Waals surface area (Å²) in [6.07, 6.45) is 1.80. The van der Waals surface area contributed by atoms with Gasteiger partial charge in [-0.15, -0.1) is 0 Å². The van der Waals surface area contributed by atoms with Crippen LogP contribution in [0.4, 0.5) is 0 Å². The molecule has 0 spiro atoms. The fraction of sp³-hybridized carbons (Fsp3) is 0.200. The van der Waals surface area contributed by atoms with Gasteiger partial charge < -0.3 is 4.42 Å². The lowest BCUT2D eigenvalue weighted by Crippen LogP contribution is -1.77. The average Bonchev–Trinajstić information content (AvgIpc) is 2.48. The van der Waals surface area contributed by atoms with Crippen LogP contribution in [0.5, 0.6) is 0 Å². The van der Waals surface area contributed by atoms with Crippen molar-refractivity contribution in [2.75, 3.05) is 0 Å². The van der Waals surface area contributed by atoms with E-state index < -0.39 is 0 Å². The number of benzene rings is 1. The molecule has 1 heterocycles. The molecule has 2 heteroatoms. The van der Waals surface area contributed by atoms with Crippen LogP contribution in [0.3, 0.4) is 0 Å². The zero-order valence-corrected chi connectivity index (χ0v) is 8.39. The summed E-state index contributed by atoms with van der Waals surface area (Å²) in [5.41, 5.74) is 3.42. The van der Waals surface area contributed by atoms with Crippen LogP contribution in [-0.4, -0.2) is 0 Å². The number of hydrogen-bond acceptors (Lipinski definition) is 1. The van der Waals surface area contributed by atoms with Gasteiger partial charge in [0.25, 0.3) is 0 Å². The Labute approximate surface area is 79.5 Å². The number of alkyl halides is 1. The monoisotopic (exact) mass is 224 g/mol. The topological polar surface area (TPSA) is 13.1 Å². The molecule has 0 fully saturated rings. The first-order chi connectivity index (χ1) is 5.83. The third-order valence-corrected chi connectivity index (χ3v) is 2.62. The van der Waals surface area contributed by atoms with Gasteiger partial charge in [-0.2, -0.15) is 0 Å². The van der Waals surface area contributed by atoms with Crippen molar-refractivity contribution in [3.63, 3.8) is 0 Å². The van der Waals surface area contributed by atoms with Crippen molar-refractivity contribution in [3.05, 3.63) is 35.6 Å². The van der Waals surface area contributed by atoms with Crippen molar-refractivity contribution in [1.29, 1.82) is 0 Å². The maximum absolute atomic E-state index is 5.44. The van der Waals surface area contributed by atoms with Crippen LogP contribution in [0.2, 0.25) is 0 Å². The zero-order chi connectivity index (χ0) is 8.55. The molecule has 0 aliphatic heterocycles. The Hall–Kier alpha value is -0.760. The molecule has 2 rings (SSSR count). The first-order valence-electron chi connectivity index (χ1n) is 3.84. The highest BCUT2D eigenvalue weighted by Gasteiger charge is 2.04. The van der Waals surface area contributed by atoms with Crippen LogP contribution in [0.15, 0.2) is 28.9 Å². The number of rotatable bonds is 1. The molecule has 62 valence electrons. The van der Waals surface area contributed by atoms with Crippen LogP contribution < -0.4 is 0 Å². The van der Waals surface area contributed by atoms with Crippen LogP contribution >= 0.6 is 15.9 Å². The fourth-order valence-electron chi connectivity index (χ4n) is 1.35. The maximum Gasteiger partial charge on any atom is 0.138 e. The molecule has 0 aliphatic rings. The van der Waals surface area contributed by atoms with Crippen molar-refractivity contribution in [2.24, 2.45) is 0 Å². The smallest absolute Gasteiger partial charge is 0.138 e. The van der Waals surface area contributed by atoms with E-state index in [9.17, 15) is 0 Å². The third kappa shape index (κ3) is 1.07. The summed E-state index contributed by atoms with van der Waals surface area (Å²) < 4.78 is 5.44. The molecule has 0 radical (unpaired) electrons. The van der Waals surface area contributed by atoms with E-state index in [1.807, 2.05) is 0 Å². The van der Waals surface area contributed by atoms with E-state index in [1.165, 1.54) is 16.5 Å². The van der Waals surface area contributed by atoms with E-state index >= 15 is 0 Å². The van der Waals surface area contributed by atoms with Gasteiger partial charge in [-0.1, -0.05) is 34.1 Å². The minimum Gasteiger partial charge on any atom is -0.464 e. The molecule has 0 amide bonds. The summed E-state index contributed by atoms with van der Waals surface area (Å²) in [6, 6.07) is 6.21. The van der Waals surface area contributed by atoms with Crippen molar-refractivity contribution in [3.8, 4) is 0 Å². The van der Waals surface area contributed by atoms with E-state index in [-0.39, 0.29) is 0 Å². The molecule has 2 aromatic rings. The minimum atomic E-state index is 0.845. The van der Waals surface area contributed by atoms with Gasteiger partial charge in [0, 0.05) is 16.3 Å². The fourth-order valence-corrected chi connectivity index (χ4v) is 1.79.